The molecule has 168 valence electrons. The molecule has 30 heavy (non-hydrogen) atoms. The summed E-state index contributed by atoms with van der Waals surface area (Å²) >= 11 is 0. The first-order chi connectivity index (χ1) is 14.2. The zero-order valence-electron chi connectivity index (χ0n) is 18.1. The Balaban J connectivity index is 0.00000256. The van der Waals surface area contributed by atoms with Gasteiger partial charge in [0.25, 0.3) is 0 Å². The van der Waals surface area contributed by atoms with Crippen molar-refractivity contribution in [3.05, 3.63) is 35.9 Å². The molecule has 1 aromatic carbocycles. The van der Waals surface area contributed by atoms with E-state index >= 15 is 0 Å². The van der Waals surface area contributed by atoms with Gasteiger partial charge in [-0.3, -0.25) is 9.89 Å². The molecule has 2 N–H and O–H groups in total. The van der Waals surface area contributed by atoms with Crippen molar-refractivity contribution in [2.75, 3.05) is 52.5 Å². The van der Waals surface area contributed by atoms with Crippen LogP contribution in [0.3, 0.4) is 0 Å². The lowest BCUT2D eigenvalue weighted by molar-refractivity contribution is -0.130. The van der Waals surface area contributed by atoms with E-state index < -0.39 is 0 Å². The third-order valence-corrected chi connectivity index (χ3v) is 6.76. The molecule has 3 saturated heterocycles. The number of benzene rings is 1. The van der Waals surface area contributed by atoms with Crippen molar-refractivity contribution >= 4 is 29.9 Å². The quantitative estimate of drug-likeness (QED) is 0.338. The number of nitrogens with zero attached hydrogens (tertiary/aromatic N) is 3. The van der Waals surface area contributed by atoms with E-state index in [1.807, 2.05) is 0 Å². The second-order valence-electron chi connectivity index (χ2n) is 8.98. The largest absolute Gasteiger partial charge is 0.396 e. The average molecular weight is 528 g/mol. The minimum atomic E-state index is -0.170. The summed E-state index contributed by atoms with van der Waals surface area (Å²) in [6.45, 7) is 9.40. The highest BCUT2D eigenvalue weighted by molar-refractivity contribution is 14.0. The molecule has 0 radical (unpaired) electrons. The van der Waals surface area contributed by atoms with Crippen LogP contribution in [0.5, 0.6) is 0 Å². The first-order valence-corrected chi connectivity index (χ1v) is 11.2. The van der Waals surface area contributed by atoms with E-state index in [9.17, 15) is 5.11 Å². The fourth-order valence-electron chi connectivity index (χ4n) is 5.00. The number of aliphatic imine (C=N–C) groups is 1. The standard InChI is InChI=1S/C23H36N4O2.HI/c1-2-24-22(25-15-23(16-28)17-29-18-23)27-12-10-21-20(14-27)9-6-11-26(21)13-19-7-4-3-5-8-19;/h3-5,7-8,20-21,28H,2,6,9-18H2,1H3,(H,24,25);1H. The van der Waals surface area contributed by atoms with E-state index in [-0.39, 0.29) is 36.0 Å². The molecule has 6 nitrogen and oxygen atoms in total. The fraction of sp³-hybridized carbons (Fsp3) is 0.696. The summed E-state index contributed by atoms with van der Waals surface area (Å²) in [5, 5.41) is 13.2. The molecule has 3 aliphatic rings. The molecule has 1 aromatic rings. The third kappa shape index (κ3) is 5.47. The second-order valence-corrected chi connectivity index (χ2v) is 8.98. The van der Waals surface area contributed by atoms with Crippen molar-refractivity contribution in [3.63, 3.8) is 0 Å². The van der Waals surface area contributed by atoms with Crippen molar-refractivity contribution in [1.82, 2.24) is 15.1 Å². The van der Waals surface area contributed by atoms with Crippen LogP contribution in [0.4, 0.5) is 0 Å². The minimum absolute atomic E-state index is 0. The van der Waals surface area contributed by atoms with Crippen LogP contribution in [-0.2, 0) is 11.3 Å². The van der Waals surface area contributed by atoms with Gasteiger partial charge in [0.1, 0.15) is 0 Å². The molecule has 2 unspecified atom stereocenters. The predicted octanol–water partition coefficient (Wildman–Crippen LogP) is 2.57. The Hall–Kier alpha value is -0.900. The van der Waals surface area contributed by atoms with Gasteiger partial charge in [-0.2, -0.15) is 0 Å². The van der Waals surface area contributed by atoms with E-state index in [1.165, 1.54) is 31.4 Å². The number of hydrogen-bond donors (Lipinski definition) is 2. The van der Waals surface area contributed by atoms with Crippen molar-refractivity contribution in [2.24, 2.45) is 16.3 Å². The highest BCUT2D eigenvalue weighted by Crippen LogP contribution is 2.32. The Bertz CT molecular complexity index is 678. The molecule has 0 amide bonds. The summed E-state index contributed by atoms with van der Waals surface area (Å²) in [5.41, 5.74) is 1.25. The molecule has 2 atom stereocenters. The number of aliphatic hydroxyl groups is 1. The molecular formula is C23H37IN4O2. The third-order valence-electron chi connectivity index (χ3n) is 6.76. The molecule has 0 spiro atoms. The Labute approximate surface area is 198 Å². The van der Waals surface area contributed by atoms with Crippen LogP contribution in [0.25, 0.3) is 0 Å². The number of rotatable bonds is 6. The number of halogens is 1. The average Bonchev–Trinajstić information content (AvgIpc) is 2.73. The van der Waals surface area contributed by atoms with Crippen molar-refractivity contribution in [3.8, 4) is 0 Å². The van der Waals surface area contributed by atoms with Gasteiger partial charge >= 0.3 is 0 Å². The fourth-order valence-corrected chi connectivity index (χ4v) is 5.00. The summed E-state index contributed by atoms with van der Waals surface area (Å²) < 4.78 is 5.33. The number of likely N-dealkylation sites (tertiary alicyclic amines) is 2. The Morgan fingerprint density at radius 3 is 2.70 bits per heavy atom. The zero-order chi connectivity index (χ0) is 20.1. The number of hydrogen-bond acceptors (Lipinski definition) is 4. The van der Waals surface area contributed by atoms with Crippen LogP contribution in [0.2, 0.25) is 0 Å². The maximum absolute atomic E-state index is 9.71. The summed E-state index contributed by atoms with van der Waals surface area (Å²) in [4.78, 5) is 10.1. The number of guanidine groups is 1. The summed E-state index contributed by atoms with van der Waals surface area (Å²) in [7, 11) is 0. The van der Waals surface area contributed by atoms with E-state index in [1.54, 1.807) is 0 Å². The van der Waals surface area contributed by atoms with Gasteiger partial charge in [0.05, 0.1) is 31.8 Å². The van der Waals surface area contributed by atoms with E-state index in [4.69, 9.17) is 9.73 Å². The van der Waals surface area contributed by atoms with Crippen molar-refractivity contribution < 1.29 is 9.84 Å². The monoisotopic (exact) mass is 528 g/mol. The lowest BCUT2D eigenvalue weighted by Crippen LogP contribution is -2.57. The van der Waals surface area contributed by atoms with Crippen LogP contribution in [0, 0.1) is 11.3 Å². The van der Waals surface area contributed by atoms with E-state index in [2.05, 4.69) is 52.4 Å². The summed E-state index contributed by atoms with van der Waals surface area (Å²) in [5.74, 6) is 1.70. The molecule has 0 aliphatic carbocycles. The van der Waals surface area contributed by atoms with Gasteiger partial charge < -0.3 is 20.1 Å². The normalized spacial score (nSPS) is 26.3. The molecule has 3 fully saturated rings. The van der Waals surface area contributed by atoms with E-state index in [0.29, 0.717) is 31.7 Å². The van der Waals surface area contributed by atoms with Crippen LogP contribution in [-0.4, -0.2) is 79.5 Å². The first-order valence-electron chi connectivity index (χ1n) is 11.2. The zero-order valence-corrected chi connectivity index (χ0v) is 20.5. The predicted molar refractivity (Wildman–Crippen MR) is 131 cm³/mol. The molecule has 4 rings (SSSR count). The molecule has 3 aliphatic heterocycles. The highest BCUT2D eigenvalue weighted by atomic mass is 127. The lowest BCUT2D eigenvalue weighted by atomic mass is 9.83. The first kappa shape index (κ1) is 23.8. The van der Waals surface area contributed by atoms with Crippen LogP contribution < -0.4 is 5.32 Å². The van der Waals surface area contributed by atoms with Crippen LogP contribution >= 0.6 is 24.0 Å². The van der Waals surface area contributed by atoms with Crippen LogP contribution in [0.1, 0.15) is 31.7 Å². The summed E-state index contributed by atoms with van der Waals surface area (Å²) in [6.07, 6.45) is 3.77. The minimum Gasteiger partial charge on any atom is -0.396 e. The smallest absolute Gasteiger partial charge is 0.193 e. The number of piperidine rings is 2. The maximum Gasteiger partial charge on any atom is 0.193 e. The topological polar surface area (TPSA) is 60.3 Å². The Morgan fingerprint density at radius 2 is 2.03 bits per heavy atom. The number of aliphatic hydroxyl groups excluding tert-OH is 1. The highest BCUT2D eigenvalue weighted by Gasteiger charge is 2.39. The maximum atomic E-state index is 9.71. The van der Waals surface area contributed by atoms with Gasteiger partial charge in [-0.05, 0) is 44.2 Å². The molecule has 3 heterocycles. The van der Waals surface area contributed by atoms with Crippen molar-refractivity contribution in [1.29, 1.82) is 0 Å². The van der Waals surface area contributed by atoms with Gasteiger partial charge in [0, 0.05) is 32.2 Å². The number of ether oxygens (including phenoxy) is 1. The van der Waals surface area contributed by atoms with Crippen molar-refractivity contribution in [2.45, 2.75) is 38.8 Å². The lowest BCUT2D eigenvalue weighted by Gasteiger charge is -2.48. The molecular weight excluding hydrogens is 491 g/mol. The SMILES string of the molecule is CCNC(=NCC1(CO)COC1)N1CCC2C(CCCN2Cc2ccccc2)C1.I. The van der Waals surface area contributed by atoms with Gasteiger partial charge in [-0.15, -0.1) is 24.0 Å². The Morgan fingerprint density at radius 1 is 1.23 bits per heavy atom. The summed E-state index contributed by atoms with van der Waals surface area (Å²) in [6, 6.07) is 11.5. The molecule has 0 bridgehead atoms. The Kier molecular flexibility index (Phi) is 8.80. The molecule has 7 heteroatoms. The second kappa shape index (κ2) is 11.1. The van der Waals surface area contributed by atoms with Gasteiger partial charge in [-0.1, -0.05) is 30.3 Å². The van der Waals surface area contributed by atoms with E-state index in [0.717, 1.165) is 32.1 Å². The molecule has 0 saturated carbocycles. The van der Waals surface area contributed by atoms with Gasteiger partial charge in [-0.25, -0.2) is 0 Å². The number of fused-ring (bicyclic) bond motifs is 1. The van der Waals surface area contributed by atoms with Crippen LogP contribution in [0.15, 0.2) is 35.3 Å². The number of nitrogens with one attached hydrogen (secondary N) is 1. The van der Waals surface area contributed by atoms with Gasteiger partial charge in [0.15, 0.2) is 5.96 Å². The van der Waals surface area contributed by atoms with Gasteiger partial charge in [0.2, 0.25) is 0 Å². The molecule has 0 aromatic heterocycles.